The van der Waals surface area contributed by atoms with E-state index in [0.717, 1.165) is 6.26 Å². The molecule has 1 fully saturated rings. The Kier molecular flexibility index (Phi) is 5.30. The zero-order valence-electron chi connectivity index (χ0n) is 11.2. The van der Waals surface area contributed by atoms with Crippen molar-refractivity contribution < 1.29 is 23.1 Å². The van der Waals surface area contributed by atoms with Crippen LogP contribution < -0.4 is 0 Å². The second kappa shape index (κ2) is 6.33. The number of amides is 1. The van der Waals surface area contributed by atoms with Gasteiger partial charge in [0.2, 0.25) is 15.9 Å². The first-order valence-corrected chi connectivity index (χ1v) is 8.02. The Hall–Kier alpha value is -1.15. The number of hydrogen-bond donors (Lipinski definition) is 1. The Morgan fingerprint density at radius 1 is 1.42 bits per heavy atom. The lowest BCUT2D eigenvalue weighted by Crippen LogP contribution is -2.46. The van der Waals surface area contributed by atoms with Gasteiger partial charge in [0, 0.05) is 26.6 Å². The number of aliphatic carboxylic acids is 1. The van der Waals surface area contributed by atoms with Crippen LogP contribution in [0.4, 0.5) is 0 Å². The third kappa shape index (κ3) is 4.46. The SMILES string of the molecule is CN(CCCC(=O)O)C(=O)[C@@H]1CCCN1S(C)(=O)=O. The molecule has 1 heterocycles. The highest BCUT2D eigenvalue weighted by Crippen LogP contribution is 2.21. The summed E-state index contributed by atoms with van der Waals surface area (Å²) in [6.07, 6.45) is 2.66. The number of carboxylic acid groups (broad SMARTS) is 1. The number of carbonyl (C=O) groups excluding carboxylic acids is 1. The fraction of sp³-hybridized carbons (Fsp3) is 0.818. The minimum absolute atomic E-state index is 0.00191. The number of sulfonamides is 1. The van der Waals surface area contributed by atoms with Crippen LogP contribution in [-0.4, -0.2) is 67.0 Å². The molecule has 1 atom stereocenters. The quantitative estimate of drug-likeness (QED) is 0.727. The van der Waals surface area contributed by atoms with Gasteiger partial charge in [0.05, 0.1) is 6.26 Å². The molecule has 0 radical (unpaired) electrons. The minimum Gasteiger partial charge on any atom is -0.481 e. The average molecular weight is 292 g/mol. The summed E-state index contributed by atoms with van der Waals surface area (Å²) in [6.45, 7) is 0.692. The van der Waals surface area contributed by atoms with Crippen LogP contribution in [0, 0.1) is 0 Å². The minimum atomic E-state index is -3.37. The second-order valence-corrected chi connectivity index (χ2v) is 6.72. The van der Waals surface area contributed by atoms with E-state index in [2.05, 4.69) is 0 Å². The predicted molar refractivity (Wildman–Crippen MR) is 69.1 cm³/mol. The summed E-state index contributed by atoms with van der Waals surface area (Å²) in [5, 5.41) is 8.53. The van der Waals surface area contributed by atoms with Gasteiger partial charge in [0.25, 0.3) is 0 Å². The van der Waals surface area contributed by atoms with Crippen molar-refractivity contribution in [3.8, 4) is 0 Å². The molecule has 1 amide bonds. The molecule has 1 N–H and O–H groups in total. The fourth-order valence-corrected chi connectivity index (χ4v) is 3.33. The van der Waals surface area contributed by atoms with Crippen molar-refractivity contribution in [3.63, 3.8) is 0 Å². The maximum Gasteiger partial charge on any atom is 0.303 e. The van der Waals surface area contributed by atoms with E-state index in [1.807, 2.05) is 0 Å². The molecule has 1 rings (SSSR count). The molecule has 0 saturated carbocycles. The van der Waals surface area contributed by atoms with Gasteiger partial charge in [0.1, 0.15) is 6.04 Å². The number of hydrogen-bond acceptors (Lipinski definition) is 4. The molecule has 1 saturated heterocycles. The van der Waals surface area contributed by atoms with E-state index in [-0.39, 0.29) is 12.3 Å². The first kappa shape index (κ1) is 15.9. The number of carboxylic acids is 1. The van der Waals surface area contributed by atoms with E-state index < -0.39 is 22.0 Å². The van der Waals surface area contributed by atoms with Crippen LogP contribution in [-0.2, 0) is 19.6 Å². The van der Waals surface area contributed by atoms with E-state index >= 15 is 0 Å². The van der Waals surface area contributed by atoms with Crippen molar-refractivity contribution in [2.24, 2.45) is 0 Å². The lowest BCUT2D eigenvalue weighted by atomic mass is 10.2. The molecule has 0 aromatic rings. The zero-order chi connectivity index (χ0) is 14.6. The monoisotopic (exact) mass is 292 g/mol. The molecular formula is C11H20N2O5S. The van der Waals surface area contributed by atoms with Crippen LogP contribution in [0.15, 0.2) is 0 Å². The maximum absolute atomic E-state index is 12.2. The van der Waals surface area contributed by atoms with Gasteiger partial charge in [-0.15, -0.1) is 0 Å². The standard InChI is InChI=1S/C11H20N2O5S/c1-12(7-4-6-10(14)15)11(16)9-5-3-8-13(9)19(2,17)18/h9H,3-8H2,1-2H3,(H,14,15)/t9-/m0/s1. The van der Waals surface area contributed by atoms with Gasteiger partial charge in [-0.05, 0) is 19.3 Å². The van der Waals surface area contributed by atoms with E-state index in [1.165, 1.54) is 9.21 Å². The molecule has 19 heavy (non-hydrogen) atoms. The summed E-state index contributed by atoms with van der Waals surface area (Å²) in [7, 11) is -1.80. The van der Waals surface area contributed by atoms with Crippen LogP contribution in [0.25, 0.3) is 0 Å². The third-order valence-corrected chi connectivity index (χ3v) is 4.46. The molecule has 0 aromatic heterocycles. The summed E-state index contributed by atoms with van der Waals surface area (Å²) >= 11 is 0. The Labute approximate surface area is 113 Å². The van der Waals surface area contributed by atoms with Crippen molar-refractivity contribution >= 4 is 21.9 Å². The Balaban J connectivity index is 2.58. The van der Waals surface area contributed by atoms with Gasteiger partial charge in [-0.25, -0.2) is 8.42 Å². The van der Waals surface area contributed by atoms with Crippen molar-refractivity contribution in [2.75, 3.05) is 26.4 Å². The lowest BCUT2D eigenvalue weighted by molar-refractivity contribution is -0.138. The largest absolute Gasteiger partial charge is 0.481 e. The van der Waals surface area contributed by atoms with Gasteiger partial charge < -0.3 is 10.0 Å². The number of rotatable bonds is 6. The molecule has 1 aliphatic heterocycles. The fourth-order valence-electron chi connectivity index (χ4n) is 2.22. The van der Waals surface area contributed by atoms with Crippen LogP contribution in [0.3, 0.4) is 0 Å². The lowest BCUT2D eigenvalue weighted by Gasteiger charge is -2.26. The highest BCUT2D eigenvalue weighted by Gasteiger charge is 2.37. The van der Waals surface area contributed by atoms with Gasteiger partial charge in [-0.2, -0.15) is 4.31 Å². The van der Waals surface area contributed by atoms with Crippen molar-refractivity contribution in [2.45, 2.75) is 31.7 Å². The van der Waals surface area contributed by atoms with Crippen LogP contribution in [0.2, 0.25) is 0 Å². The molecule has 7 nitrogen and oxygen atoms in total. The molecule has 0 spiro atoms. The molecule has 1 aliphatic rings. The number of carbonyl (C=O) groups is 2. The molecular weight excluding hydrogens is 272 g/mol. The summed E-state index contributed by atoms with van der Waals surface area (Å²) in [6, 6.07) is -0.634. The smallest absolute Gasteiger partial charge is 0.303 e. The van der Waals surface area contributed by atoms with Gasteiger partial charge >= 0.3 is 5.97 Å². The van der Waals surface area contributed by atoms with E-state index in [1.54, 1.807) is 7.05 Å². The summed E-state index contributed by atoms with van der Waals surface area (Å²) in [5.74, 6) is -1.16. The van der Waals surface area contributed by atoms with Crippen LogP contribution in [0.1, 0.15) is 25.7 Å². The first-order valence-electron chi connectivity index (χ1n) is 6.17. The van der Waals surface area contributed by atoms with Gasteiger partial charge in [0.15, 0.2) is 0 Å². The second-order valence-electron chi connectivity index (χ2n) is 4.79. The topological polar surface area (TPSA) is 95.0 Å². The van der Waals surface area contributed by atoms with Crippen molar-refractivity contribution in [3.05, 3.63) is 0 Å². The van der Waals surface area contributed by atoms with Crippen LogP contribution in [0.5, 0.6) is 0 Å². The summed E-state index contributed by atoms with van der Waals surface area (Å²) < 4.78 is 24.3. The Bertz CT molecular complexity index is 448. The van der Waals surface area contributed by atoms with Crippen LogP contribution >= 0.6 is 0 Å². The molecule has 0 unspecified atom stereocenters. The Morgan fingerprint density at radius 2 is 2.05 bits per heavy atom. The van der Waals surface area contributed by atoms with Gasteiger partial charge in [-0.3, -0.25) is 9.59 Å². The van der Waals surface area contributed by atoms with Gasteiger partial charge in [-0.1, -0.05) is 0 Å². The van der Waals surface area contributed by atoms with E-state index in [0.29, 0.717) is 32.4 Å². The highest BCUT2D eigenvalue weighted by atomic mass is 32.2. The Morgan fingerprint density at radius 3 is 2.58 bits per heavy atom. The predicted octanol–water partition coefficient (Wildman–Crippen LogP) is -0.266. The zero-order valence-corrected chi connectivity index (χ0v) is 12.0. The third-order valence-electron chi connectivity index (χ3n) is 3.18. The normalized spacial score (nSPS) is 20.4. The number of likely N-dealkylation sites (N-methyl/N-ethyl adjacent to an activating group) is 1. The highest BCUT2D eigenvalue weighted by molar-refractivity contribution is 7.88. The number of nitrogens with zero attached hydrogens (tertiary/aromatic N) is 2. The molecule has 0 aliphatic carbocycles. The molecule has 0 aromatic carbocycles. The molecule has 110 valence electrons. The van der Waals surface area contributed by atoms with E-state index in [9.17, 15) is 18.0 Å². The maximum atomic E-state index is 12.2. The van der Waals surface area contributed by atoms with E-state index in [4.69, 9.17) is 5.11 Å². The average Bonchev–Trinajstić information content (AvgIpc) is 2.75. The summed E-state index contributed by atoms with van der Waals surface area (Å²) in [4.78, 5) is 24.0. The molecule has 0 bridgehead atoms. The van der Waals surface area contributed by atoms with Crippen molar-refractivity contribution in [1.82, 2.24) is 9.21 Å². The first-order chi connectivity index (χ1) is 8.73. The van der Waals surface area contributed by atoms with Crippen molar-refractivity contribution in [1.29, 1.82) is 0 Å². The summed E-state index contributed by atoms with van der Waals surface area (Å²) in [5.41, 5.74) is 0. The molecule has 8 heteroatoms.